The van der Waals surface area contributed by atoms with Gasteiger partial charge in [0.2, 0.25) is 0 Å². The van der Waals surface area contributed by atoms with Crippen LogP contribution in [0.1, 0.15) is 20.8 Å². The van der Waals surface area contributed by atoms with E-state index in [4.69, 9.17) is 4.43 Å². The number of rotatable bonds is 7. The average molecular weight is 464 g/mol. The van der Waals surface area contributed by atoms with Gasteiger partial charge in [0.25, 0.3) is 0 Å². The highest BCUT2D eigenvalue weighted by Crippen LogP contribution is 2.36. The van der Waals surface area contributed by atoms with E-state index in [1.165, 1.54) is 24.3 Å². The van der Waals surface area contributed by atoms with E-state index in [-0.39, 0.29) is 10.8 Å². The Morgan fingerprint density at radius 2 is 1.53 bits per heavy atom. The van der Waals surface area contributed by atoms with Gasteiger partial charge < -0.3 is 14.5 Å². The summed E-state index contributed by atoms with van der Waals surface area (Å²) in [6.45, 7) is 12.2. The van der Waals surface area contributed by atoms with Crippen molar-refractivity contribution in [1.82, 2.24) is 10.2 Å². The minimum absolute atomic E-state index is 0.141. The number of fused-ring (bicyclic) bond motifs is 1. The zero-order valence-electron chi connectivity index (χ0n) is 18.9. The Kier molecular flexibility index (Phi) is 6.80. The van der Waals surface area contributed by atoms with Crippen LogP contribution in [-0.2, 0) is 4.43 Å². The lowest BCUT2D eigenvalue weighted by Gasteiger charge is -2.36. The Balaban J connectivity index is 1.78. The van der Waals surface area contributed by atoms with Crippen molar-refractivity contribution in [3.05, 3.63) is 48.5 Å². The summed E-state index contributed by atoms with van der Waals surface area (Å²) < 4.78 is 47.4. The summed E-state index contributed by atoms with van der Waals surface area (Å²) in [6.07, 6.45) is -4.73. The quantitative estimate of drug-likeness (QED) is 0.315. The molecule has 0 fully saturated rings. The predicted molar refractivity (Wildman–Crippen MR) is 123 cm³/mol. The molecule has 0 aliphatic carbocycles. The van der Waals surface area contributed by atoms with E-state index in [0.29, 0.717) is 30.2 Å². The number of benzene rings is 2. The second-order valence-electron chi connectivity index (χ2n) is 9.05. The van der Waals surface area contributed by atoms with Crippen LogP contribution in [0.2, 0.25) is 18.1 Å². The van der Waals surface area contributed by atoms with Crippen LogP contribution < -0.4 is 10.1 Å². The third-order valence-corrected chi connectivity index (χ3v) is 10.3. The third kappa shape index (κ3) is 5.77. The highest BCUT2D eigenvalue weighted by atomic mass is 28.4. The molecule has 0 aliphatic rings. The molecule has 0 saturated heterocycles. The lowest BCUT2D eigenvalue weighted by atomic mass is 10.0. The fraction of sp³-hybridized carbons (Fsp3) is 0.391. The Hall–Kier alpha value is -2.65. The average Bonchev–Trinajstić information content (AvgIpc) is 2.70. The molecule has 3 rings (SSSR count). The van der Waals surface area contributed by atoms with Crippen LogP contribution in [0.15, 0.2) is 48.5 Å². The molecule has 0 atom stereocenters. The minimum Gasteiger partial charge on any atom is -0.415 e. The van der Waals surface area contributed by atoms with Crippen molar-refractivity contribution >= 4 is 24.9 Å². The zero-order chi connectivity index (χ0) is 23.6. The molecule has 0 radical (unpaired) electrons. The number of halogens is 3. The maximum Gasteiger partial charge on any atom is 0.573 e. The Morgan fingerprint density at radius 1 is 0.906 bits per heavy atom. The normalized spacial score (nSPS) is 12.8. The van der Waals surface area contributed by atoms with Crippen LogP contribution >= 0.6 is 0 Å². The smallest absolute Gasteiger partial charge is 0.415 e. The van der Waals surface area contributed by atoms with Crippen LogP contribution in [0.3, 0.4) is 0 Å². The van der Waals surface area contributed by atoms with E-state index in [0.717, 1.165) is 10.8 Å². The number of aromatic nitrogens is 2. The minimum atomic E-state index is -4.73. The molecule has 32 heavy (non-hydrogen) atoms. The van der Waals surface area contributed by atoms with Crippen molar-refractivity contribution in [2.45, 2.75) is 45.3 Å². The molecule has 2 aromatic carbocycles. The van der Waals surface area contributed by atoms with E-state index in [1.54, 1.807) is 0 Å². The summed E-state index contributed by atoms with van der Waals surface area (Å²) in [7, 11) is -1.83. The summed E-state index contributed by atoms with van der Waals surface area (Å²) >= 11 is 0. The monoisotopic (exact) mass is 463 g/mol. The molecule has 0 saturated carbocycles. The van der Waals surface area contributed by atoms with Crippen LogP contribution in [-0.4, -0.2) is 38.0 Å². The third-order valence-electron chi connectivity index (χ3n) is 5.71. The molecule has 0 aliphatic heterocycles. The first-order chi connectivity index (χ1) is 14.9. The number of hydrogen-bond acceptors (Lipinski definition) is 5. The van der Waals surface area contributed by atoms with Gasteiger partial charge in [-0.15, -0.1) is 23.4 Å². The number of nitrogens with zero attached hydrogens (tertiary/aromatic N) is 2. The highest BCUT2D eigenvalue weighted by Gasteiger charge is 2.36. The Morgan fingerprint density at radius 3 is 2.12 bits per heavy atom. The molecule has 0 spiro atoms. The van der Waals surface area contributed by atoms with Crippen LogP contribution in [0, 0.1) is 0 Å². The van der Waals surface area contributed by atoms with Crippen molar-refractivity contribution in [3.63, 3.8) is 0 Å². The topological polar surface area (TPSA) is 56.3 Å². The molecule has 9 heteroatoms. The van der Waals surface area contributed by atoms with Crippen molar-refractivity contribution < 1.29 is 22.3 Å². The first kappa shape index (κ1) is 24.0. The van der Waals surface area contributed by atoms with Gasteiger partial charge >= 0.3 is 6.36 Å². The van der Waals surface area contributed by atoms with Crippen molar-refractivity contribution in [2.75, 3.05) is 18.5 Å². The molecule has 0 bridgehead atoms. The molecule has 172 valence electrons. The Bertz CT molecular complexity index is 1060. The molecule has 1 N–H and O–H groups in total. The van der Waals surface area contributed by atoms with E-state index in [9.17, 15) is 13.2 Å². The molecule has 0 amide bonds. The standard InChI is InChI=1S/C23H28F3N3O2Si/c1-22(2,3)32(4,5)30-15-14-27-21-19-9-7-6-8-18(19)20(28-29-21)16-10-12-17(13-11-16)31-23(24,25)26/h6-13H,14-15H2,1-5H3,(H,27,29). The molecule has 3 aromatic rings. The highest BCUT2D eigenvalue weighted by molar-refractivity contribution is 6.74. The van der Waals surface area contributed by atoms with Gasteiger partial charge in [-0.25, -0.2) is 0 Å². The van der Waals surface area contributed by atoms with Gasteiger partial charge in [-0.05, 0) is 42.4 Å². The first-order valence-corrected chi connectivity index (χ1v) is 13.3. The van der Waals surface area contributed by atoms with Crippen molar-refractivity contribution in [2.24, 2.45) is 0 Å². The predicted octanol–water partition coefficient (Wildman–Crippen LogP) is 6.63. The van der Waals surface area contributed by atoms with E-state index in [1.807, 2.05) is 24.3 Å². The lowest BCUT2D eigenvalue weighted by molar-refractivity contribution is -0.274. The van der Waals surface area contributed by atoms with Crippen LogP contribution in [0.4, 0.5) is 19.0 Å². The maximum atomic E-state index is 12.4. The van der Waals surface area contributed by atoms with E-state index in [2.05, 4.69) is 54.1 Å². The molecule has 5 nitrogen and oxygen atoms in total. The van der Waals surface area contributed by atoms with Crippen LogP contribution in [0.5, 0.6) is 5.75 Å². The van der Waals surface area contributed by atoms with E-state index < -0.39 is 14.7 Å². The SMILES string of the molecule is CC(C)(C)[Si](C)(C)OCCNc1nnc(-c2ccc(OC(F)(F)F)cc2)c2ccccc12. The number of hydrogen-bond donors (Lipinski definition) is 1. The second kappa shape index (κ2) is 9.07. The summed E-state index contributed by atoms with van der Waals surface area (Å²) in [6, 6.07) is 13.3. The number of anilines is 1. The van der Waals surface area contributed by atoms with Crippen molar-refractivity contribution in [3.8, 4) is 17.0 Å². The second-order valence-corrected chi connectivity index (χ2v) is 13.9. The van der Waals surface area contributed by atoms with Gasteiger partial charge in [-0.1, -0.05) is 45.0 Å². The van der Waals surface area contributed by atoms with Crippen molar-refractivity contribution in [1.29, 1.82) is 0 Å². The summed E-state index contributed by atoms with van der Waals surface area (Å²) in [4.78, 5) is 0. The Labute approximate surface area is 187 Å². The van der Waals surface area contributed by atoms with Gasteiger partial charge in [-0.3, -0.25) is 0 Å². The van der Waals surface area contributed by atoms with Gasteiger partial charge in [0.05, 0.1) is 6.61 Å². The lowest BCUT2D eigenvalue weighted by Crippen LogP contribution is -2.41. The fourth-order valence-corrected chi connectivity index (χ4v) is 4.00. The van der Waals surface area contributed by atoms with E-state index >= 15 is 0 Å². The molecule has 1 heterocycles. The van der Waals surface area contributed by atoms with Crippen LogP contribution in [0.25, 0.3) is 22.0 Å². The summed E-state index contributed by atoms with van der Waals surface area (Å²) in [5.41, 5.74) is 1.23. The largest absolute Gasteiger partial charge is 0.573 e. The summed E-state index contributed by atoms with van der Waals surface area (Å²) in [5.74, 6) is 0.360. The number of ether oxygens (including phenoxy) is 1. The number of nitrogens with one attached hydrogen (secondary N) is 1. The molecular weight excluding hydrogens is 435 g/mol. The van der Waals surface area contributed by atoms with Gasteiger partial charge in [0, 0.05) is 22.9 Å². The maximum absolute atomic E-state index is 12.4. The van der Waals surface area contributed by atoms with Gasteiger partial charge in [-0.2, -0.15) is 0 Å². The van der Waals surface area contributed by atoms with Gasteiger partial charge in [0.15, 0.2) is 14.1 Å². The molecule has 0 unspecified atom stereocenters. The number of alkyl halides is 3. The fourth-order valence-electron chi connectivity index (χ4n) is 2.95. The molecule has 1 aromatic heterocycles. The molecular formula is C23H28F3N3O2Si. The van der Waals surface area contributed by atoms with Gasteiger partial charge in [0.1, 0.15) is 11.4 Å². The zero-order valence-corrected chi connectivity index (χ0v) is 19.9. The summed E-state index contributed by atoms with van der Waals surface area (Å²) in [5, 5.41) is 13.8. The first-order valence-electron chi connectivity index (χ1n) is 10.4.